The summed E-state index contributed by atoms with van der Waals surface area (Å²) in [5.41, 5.74) is 1.06. The number of hydrogen-bond donors (Lipinski definition) is 2. The van der Waals surface area contributed by atoms with Gasteiger partial charge in [-0.1, -0.05) is 25.1 Å². The van der Waals surface area contributed by atoms with Gasteiger partial charge in [-0.3, -0.25) is 14.5 Å². The lowest BCUT2D eigenvalue weighted by Gasteiger charge is -2.26. The highest BCUT2D eigenvalue weighted by molar-refractivity contribution is 5.95. The van der Waals surface area contributed by atoms with Crippen molar-refractivity contribution < 1.29 is 14.3 Å². The molecule has 0 spiro atoms. The van der Waals surface area contributed by atoms with Crippen LogP contribution < -0.4 is 10.6 Å². The molecular formula is C20H27N5O3. The average molecular weight is 385 g/mol. The molecule has 1 aliphatic heterocycles. The Morgan fingerprint density at radius 1 is 1.18 bits per heavy atom. The summed E-state index contributed by atoms with van der Waals surface area (Å²) < 4.78 is 6.92. The lowest BCUT2D eigenvalue weighted by Crippen LogP contribution is -2.38. The maximum atomic E-state index is 12.5. The molecule has 1 saturated heterocycles. The maximum Gasteiger partial charge on any atom is 0.271 e. The monoisotopic (exact) mass is 385 g/mol. The van der Waals surface area contributed by atoms with Crippen LogP contribution in [0.2, 0.25) is 0 Å². The van der Waals surface area contributed by atoms with Gasteiger partial charge in [0.25, 0.3) is 5.91 Å². The molecule has 3 rings (SSSR count). The first kappa shape index (κ1) is 20.0. The third-order valence-corrected chi connectivity index (χ3v) is 4.57. The number of nitrogens with one attached hydrogen (secondary N) is 2. The zero-order valence-electron chi connectivity index (χ0n) is 16.2. The first-order chi connectivity index (χ1) is 13.7. The van der Waals surface area contributed by atoms with Gasteiger partial charge in [-0.05, 0) is 25.1 Å². The summed E-state index contributed by atoms with van der Waals surface area (Å²) in [6, 6.07) is 11.0. The summed E-state index contributed by atoms with van der Waals surface area (Å²) in [6.07, 6.45) is 1.22. The number of morpholine rings is 1. The summed E-state index contributed by atoms with van der Waals surface area (Å²) in [5.74, 6) is 0.106. The molecule has 0 aliphatic carbocycles. The Balaban J connectivity index is 1.62. The number of anilines is 1. The number of carbonyl (C=O) groups is 2. The number of amides is 2. The van der Waals surface area contributed by atoms with Gasteiger partial charge in [0.2, 0.25) is 5.91 Å². The Bertz CT molecular complexity index is 784. The van der Waals surface area contributed by atoms with Gasteiger partial charge in [0.15, 0.2) is 5.69 Å². The minimum atomic E-state index is -0.247. The molecule has 1 aliphatic rings. The number of carbonyl (C=O) groups excluding carboxylic acids is 2. The molecule has 8 heteroatoms. The van der Waals surface area contributed by atoms with Gasteiger partial charge in [-0.25, -0.2) is 4.68 Å². The summed E-state index contributed by atoms with van der Waals surface area (Å²) in [4.78, 5) is 26.7. The van der Waals surface area contributed by atoms with E-state index in [1.165, 1.54) is 0 Å². The molecule has 150 valence electrons. The van der Waals surface area contributed by atoms with E-state index in [2.05, 4.69) is 20.6 Å². The Hall–Kier alpha value is -2.71. The highest BCUT2D eigenvalue weighted by Gasteiger charge is 2.17. The van der Waals surface area contributed by atoms with E-state index in [9.17, 15) is 9.59 Å². The minimum absolute atomic E-state index is 0.130. The Morgan fingerprint density at radius 2 is 1.93 bits per heavy atom. The van der Waals surface area contributed by atoms with Crippen molar-refractivity contribution in [3.63, 3.8) is 0 Å². The summed E-state index contributed by atoms with van der Waals surface area (Å²) in [6.45, 7) is 6.71. The number of rotatable bonds is 8. The first-order valence-electron chi connectivity index (χ1n) is 9.71. The maximum absolute atomic E-state index is 12.5. The van der Waals surface area contributed by atoms with E-state index in [0.717, 1.165) is 45.0 Å². The SMILES string of the molecule is CCC(=O)Nc1cc(C(=O)NCCCN2CCOCC2)nn1-c1ccccc1. The molecule has 2 heterocycles. The molecule has 0 saturated carbocycles. The molecule has 2 N–H and O–H groups in total. The largest absolute Gasteiger partial charge is 0.379 e. The molecular weight excluding hydrogens is 358 g/mol. The summed E-state index contributed by atoms with van der Waals surface area (Å²) in [5, 5.41) is 10.1. The molecule has 2 aromatic rings. The van der Waals surface area contributed by atoms with Crippen LogP contribution in [-0.2, 0) is 9.53 Å². The Kier molecular flexibility index (Phi) is 7.16. The molecule has 0 radical (unpaired) electrons. The average Bonchev–Trinajstić information content (AvgIpc) is 3.16. The van der Waals surface area contributed by atoms with Crippen LogP contribution in [-0.4, -0.2) is 65.9 Å². The van der Waals surface area contributed by atoms with E-state index in [1.807, 2.05) is 30.3 Å². The molecule has 0 unspecified atom stereocenters. The van der Waals surface area contributed by atoms with Crippen molar-refractivity contribution in [2.24, 2.45) is 0 Å². The van der Waals surface area contributed by atoms with Crippen LogP contribution >= 0.6 is 0 Å². The van der Waals surface area contributed by atoms with Crippen molar-refractivity contribution in [3.05, 3.63) is 42.1 Å². The number of aromatic nitrogens is 2. The fourth-order valence-corrected chi connectivity index (χ4v) is 3.00. The van der Waals surface area contributed by atoms with Crippen LogP contribution in [0.4, 0.5) is 5.82 Å². The second-order valence-electron chi connectivity index (χ2n) is 6.63. The van der Waals surface area contributed by atoms with Crippen LogP contribution in [0.3, 0.4) is 0 Å². The molecule has 8 nitrogen and oxygen atoms in total. The molecule has 0 atom stereocenters. The zero-order valence-corrected chi connectivity index (χ0v) is 16.2. The second-order valence-corrected chi connectivity index (χ2v) is 6.63. The molecule has 1 aromatic carbocycles. The van der Waals surface area contributed by atoms with Crippen molar-refractivity contribution in [1.82, 2.24) is 20.0 Å². The number of para-hydroxylation sites is 1. The minimum Gasteiger partial charge on any atom is -0.379 e. The van der Waals surface area contributed by atoms with Crippen molar-refractivity contribution in [2.75, 3.05) is 44.7 Å². The van der Waals surface area contributed by atoms with E-state index >= 15 is 0 Å². The van der Waals surface area contributed by atoms with Crippen molar-refractivity contribution >= 4 is 17.6 Å². The third kappa shape index (κ3) is 5.40. The first-order valence-corrected chi connectivity index (χ1v) is 9.71. The van der Waals surface area contributed by atoms with Crippen molar-refractivity contribution in [3.8, 4) is 5.69 Å². The molecule has 2 amide bonds. The Labute approximate surface area is 164 Å². The van der Waals surface area contributed by atoms with Crippen LogP contribution in [0, 0.1) is 0 Å². The number of nitrogens with zero attached hydrogens (tertiary/aromatic N) is 3. The topological polar surface area (TPSA) is 88.5 Å². The van der Waals surface area contributed by atoms with Gasteiger partial charge in [0.05, 0.1) is 18.9 Å². The number of ether oxygens (including phenoxy) is 1. The number of hydrogen-bond acceptors (Lipinski definition) is 5. The van der Waals surface area contributed by atoms with Crippen molar-refractivity contribution in [1.29, 1.82) is 0 Å². The highest BCUT2D eigenvalue weighted by Crippen LogP contribution is 2.17. The van der Waals surface area contributed by atoms with E-state index < -0.39 is 0 Å². The standard InChI is InChI=1S/C20H27N5O3/c1-2-19(26)22-18-15-17(23-25(18)16-7-4-3-5-8-16)20(27)21-9-6-10-24-11-13-28-14-12-24/h3-5,7-8,15H,2,6,9-14H2,1H3,(H,21,27)(H,22,26). The lowest BCUT2D eigenvalue weighted by atomic mass is 10.3. The molecule has 1 fully saturated rings. The summed E-state index contributed by atoms with van der Waals surface area (Å²) >= 11 is 0. The van der Waals surface area contributed by atoms with Crippen LogP contribution in [0.5, 0.6) is 0 Å². The van der Waals surface area contributed by atoms with E-state index in [1.54, 1.807) is 17.7 Å². The molecule has 28 heavy (non-hydrogen) atoms. The zero-order chi connectivity index (χ0) is 19.8. The van der Waals surface area contributed by atoms with Crippen molar-refractivity contribution in [2.45, 2.75) is 19.8 Å². The highest BCUT2D eigenvalue weighted by atomic mass is 16.5. The predicted octanol–water partition coefficient (Wildman–Crippen LogP) is 1.67. The van der Waals surface area contributed by atoms with Gasteiger partial charge in [0.1, 0.15) is 5.82 Å². The van der Waals surface area contributed by atoms with Crippen LogP contribution in [0.1, 0.15) is 30.3 Å². The predicted molar refractivity (Wildman–Crippen MR) is 107 cm³/mol. The molecule has 1 aromatic heterocycles. The van der Waals surface area contributed by atoms with Gasteiger partial charge in [-0.15, -0.1) is 0 Å². The van der Waals surface area contributed by atoms with Gasteiger partial charge < -0.3 is 15.4 Å². The third-order valence-electron chi connectivity index (χ3n) is 4.57. The quantitative estimate of drug-likeness (QED) is 0.675. The number of benzene rings is 1. The molecule has 0 bridgehead atoms. The van der Waals surface area contributed by atoms with Crippen LogP contribution in [0.15, 0.2) is 36.4 Å². The van der Waals surface area contributed by atoms with E-state index in [0.29, 0.717) is 18.8 Å². The van der Waals surface area contributed by atoms with Gasteiger partial charge >= 0.3 is 0 Å². The second kappa shape index (κ2) is 10.0. The Morgan fingerprint density at radius 3 is 2.64 bits per heavy atom. The normalized spacial score (nSPS) is 14.6. The lowest BCUT2D eigenvalue weighted by molar-refractivity contribution is -0.115. The van der Waals surface area contributed by atoms with Gasteiger partial charge in [0, 0.05) is 32.1 Å². The van der Waals surface area contributed by atoms with E-state index in [4.69, 9.17) is 4.74 Å². The summed E-state index contributed by atoms with van der Waals surface area (Å²) in [7, 11) is 0. The van der Waals surface area contributed by atoms with Gasteiger partial charge in [-0.2, -0.15) is 5.10 Å². The van der Waals surface area contributed by atoms with E-state index in [-0.39, 0.29) is 17.5 Å². The fraction of sp³-hybridized carbons (Fsp3) is 0.450. The smallest absolute Gasteiger partial charge is 0.271 e. The fourth-order valence-electron chi connectivity index (χ4n) is 3.00. The van der Waals surface area contributed by atoms with Crippen LogP contribution in [0.25, 0.3) is 5.69 Å².